The van der Waals surface area contributed by atoms with Crippen LogP contribution in [0.15, 0.2) is 29.3 Å². The summed E-state index contributed by atoms with van der Waals surface area (Å²) in [6.07, 6.45) is 6.18. The van der Waals surface area contributed by atoms with Gasteiger partial charge >= 0.3 is 0 Å². The van der Waals surface area contributed by atoms with Crippen molar-refractivity contribution in [2.24, 2.45) is 16.1 Å². The van der Waals surface area contributed by atoms with Crippen molar-refractivity contribution in [3.8, 4) is 0 Å². The Kier molecular flexibility index (Phi) is 7.91. The fourth-order valence-electron chi connectivity index (χ4n) is 3.52. The first-order valence-electron chi connectivity index (χ1n) is 9.48. The molecule has 6 heteroatoms. The number of hydrogen-bond acceptors (Lipinski definition) is 3. The number of aliphatic imine (C=N–C) groups is 1. The van der Waals surface area contributed by atoms with Gasteiger partial charge in [-0.3, -0.25) is 4.79 Å². The molecule has 1 fully saturated rings. The lowest BCUT2D eigenvalue weighted by Gasteiger charge is -2.30. The average molecular weight is 361 g/mol. The minimum Gasteiger partial charge on any atom is -0.385 e. The van der Waals surface area contributed by atoms with Gasteiger partial charge in [0.25, 0.3) is 0 Å². The molecule has 0 aromatic heterocycles. The summed E-state index contributed by atoms with van der Waals surface area (Å²) in [4.78, 5) is 15.8. The van der Waals surface area contributed by atoms with Gasteiger partial charge in [0.2, 0.25) is 5.91 Å². The maximum atomic E-state index is 11.1. The monoisotopic (exact) mass is 360 g/mol. The molecule has 0 spiro atoms. The van der Waals surface area contributed by atoms with Gasteiger partial charge in [-0.25, -0.2) is 4.99 Å². The highest BCUT2D eigenvalue weighted by Gasteiger charge is 2.33. The van der Waals surface area contributed by atoms with Crippen molar-refractivity contribution in [2.75, 3.05) is 26.8 Å². The second-order valence-corrected chi connectivity index (χ2v) is 7.06. The van der Waals surface area contributed by atoms with Crippen molar-refractivity contribution in [1.82, 2.24) is 10.6 Å². The van der Waals surface area contributed by atoms with E-state index in [0.717, 1.165) is 37.6 Å². The first-order chi connectivity index (χ1) is 12.6. The molecule has 6 nitrogen and oxygen atoms in total. The van der Waals surface area contributed by atoms with E-state index < -0.39 is 5.91 Å². The summed E-state index contributed by atoms with van der Waals surface area (Å²) in [6, 6.07) is 7.27. The molecule has 0 unspecified atom stereocenters. The standard InChI is InChI=1S/C20H32N4O2/c1-3-22-19(23-14-16-6-8-17(9-7-16)18(21)25)24-15-20(12-13-26-2)10-4-5-11-20/h6-9H,3-5,10-15H2,1-2H3,(H2,21,25)(H2,22,23,24). The van der Waals surface area contributed by atoms with Gasteiger partial charge in [-0.15, -0.1) is 0 Å². The number of nitrogens with one attached hydrogen (secondary N) is 2. The number of rotatable bonds is 9. The molecule has 26 heavy (non-hydrogen) atoms. The van der Waals surface area contributed by atoms with Gasteiger partial charge in [-0.1, -0.05) is 25.0 Å². The van der Waals surface area contributed by atoms with Crippen molar-refractivity contribution in [2.45, 2.75) is 45.6 Å². The normalized spacial score (nSPS) is 16.5. The minimum atomic E-state index is -0.409. The third kappa shape index (κ3) is 6.02. The van der Waals surface area contributed by atoms with E-state index in [4.69, 9.17) is 10.5 Å². The topological polar surface area (TPSA) is 88.7 Å². The number of hydrogen-bond donors (Lipinski definition) is 3. The number of carbonyl (C=O) groups excluding carboxylic acids is 1. The fraction of sp³-hybridized carbons (Fsp3) is 0.600. The van der Waals surface area contributed by atoms with E-state index in [1.807, 2.05) is 12.1 Å². The molecule has 1 aromatic carbocycles. The highest BCUT2D eigenvalue weighted by atomic mass is 16.5. The minimum absolute atomic E-state index is 0.315. The smallest absolute Gasteiger partial charge is 0.248 e. The van der Waals surface area contributed by atoms with Crippen LogP contribution in [0.2, 0.25) is 0 Å². The Balaban J connectivity index is 1.96. The summed E-state index contributed by atoms with van der Waals surface area (Å²) in [5, 5.41) is 6.83. The molecular formula is C20H32N4O2. The quantitative estimate of drug-likeness (QED) is 0.466. The number of ether oxygens (including phenoxy) is 1. The van der Waals surface area contributed by atoms with E-state index in [-0.39, 0.29) is 0 Å². The summed E-state index contributed by atoms with van der Waals surface area (Å²) in [6.45, 7) is 5.16. The van der Waals surface area contributed by atoms with Crippen molar-refractivity contribution in [3.05, 3.63) is 35.4 Å². The lowest BCUT2D eigenvalue weighted by Crippen LogP contribution is -2.43. The number of methoxy groups -OCH3 is 1. The highest BCUT2D eigenvalue weighted by Crippen LogP contribution is 2.40. The van der Waals surface area contributed by atoms with Gasteiger partial charge in [-0.2, -0.15) is 0 Å². The second-order valence-electron chi connectivity index (χ2n) is 7.06. The van der Waals surface area contributed by atoms with E-state index in [0.29, 0.717) is 17.5 Å². The van der Waals surface area contributed by atoms with Crippen LogP contribution in [0, 0.1) is 5.41 Å². The Morgan fingerprint density at radius 3 is 2.50 bits per heavy atom. The molecular weight excluding hydrogens is 328 g/mol. The third-order valence-corrected chi connectivity index (χ3v) is 5.13. The number of amides is 1. The predicted molar refractivity (Wildman–Crippen MR) is 105 cm³/mol. The van der Waals surface area contributed by atoms with E-state index in [2.05, 4.69) is 22.5 Å². The van der Waals surface area contributed by atoms with Gasteiger partial charge in [0.1, 0.15) is 0 Å². The van der Waals surface area contributed by atoms with Crippen LogP contribution < -0.4 is 16.4 Å². The summed E-state index contributed by atoms with van der Waals surface area (Å²) < 4.78 is 5.31. The van der Waals surface area contributed by atoms with Gasteiger partial charge < -0.3 is 21.1 Å². The van der Waals surface area contributed by atoms with E-state index >= 15 is 0 Å². The maximum Gasteiger partial charge on any atom is 0.248 e. The molecule has 1 aliphatic carbocycles. The number of primary amides is 1. The lowest BCUT2D eigenvalue weighted by molar-refractivity contribution is 0.100. The van der Waals surface area contributed by atoms with Crippen molar-refractivity contribution >= 4 is 11.9 Å². The van der Waals surface area contributed by atoms with Crippen molar-refractivity contribution < 1.29 is 9.53 Å². The number of guanidine groups is 1. The third-order valence-electron chi connectivity index (χ3n) is 5.13. The van der Waals surface area contributed by atoms with Crippen LogP contribution in [0.1, 0.15) is 54.9 Å². The van der Waals surface area contributed by atoms with Crippen LogP contribution in [0.3, 0.4) is 0 Å². The van der Waals surface area contributed by atoms with Gasteiger partial charge in [-0.05, 0) is 49.3 Å². The van der Waals surface area contributed by atoms with Crippen LogP contribution in [0.25, 0.3) is 0 Å². The SMILES string of the molecule is CCNC(=NCc1ccc(C(N)=O)cc1)NCC1(CCOC)CCCC1. The Labute approximate surface area is 156 Å². The van der Waals surface area contributed by atoms with Crippen LogP contribution in [0.4, 0.5) is 0 Å². The van der Waals surface area contributed by atoms with Crippen molar-refractivity contribution in [3.63, 3.8) is 0 Å². The molecule has 0 radical (unpaired) electrons. The molecule has 0 bridgehead atoms. The highest BCUT2D eigenvalue weighted by molar-refractivity contribution is 5.92. The number of benzene rings is 1. The van der Waals surface area contributed by atoms with Gasteiger partial charge in [0.05, 0.1) is 6.54 Å². The van der Waals surface area contributed by atoms with E-state index in [1.165, 1.54) is 25.7 Å². The van der Waals surface area contributed by atoms with Crippen molar-refractivity contribution in [1.29, 1.82) is 0 Å². The first-order valence-corrected chi connectivity index (χ1v) is 9.48. The first kappa shape index (κ1) is 20.2. The zero-order valence-electron chi connectivity index (χ0n) is 16.0. The molecule has 0 saturated heterocycles. The zero-order valence-corrected chi connectivity index (χ0v) is 16.0. The Morgan fingerprint density at radius 2 is 1.92 bits per heavy atom. The van der Waals surface area contributed by atoms with Crippen LogP contribution in [-0.4, -0.2) is 38.7 Å². The number of nitrogens with two attached hydrogens (primary N) is 1. The van der Waals surface area contributed by atoms with Crippen LogP contribution >= 0.6 is 0 Å². The second kappa shape index (κ2) is 10.2. The Bertz CT molecular complexity index is 592. The molecule has 0 aliphatic heterocycles. The number of nitrogens with zero attached hydrogens (tertiary/aromatic N) is 1. The van der Waals surface area contributed by atoms with Gasteiger partial charge in [0, 0.05) is 32.4 Å². The molecule has 1 amide bonds. The summed E-state index contributed by atoms with van der Waals surface area (Å²) in [5.74, 6) is 0.420. The summed E-state index contributed by atoms with van der Waals surface area (Å²) in [7, 11) is 1.77. The summed E-state index contributed by atoms with van der Waals surface area (Å²) in [5.41, 5.74) is 7.15. The Morgan fingerprint density at radius 1 is 1.23 bits per heavy atom. The number of carbonyl (C=O) groups is 1. The van der Waals surface area contributed by atoms with E-state index in [9.17, 15) is 4.79 Å². The predicted octanol–water partition coefficient (Wildman–Crippen LogP) is 2.44. The maximum absolute atomic E-state index is 11.1. The largest absolute Gasteiger partial charge is 0.385 e. The van der Waals surface area contributed by atoms with E-state index in [1.54, 1.807) is 19.2 Å². The van der Waals surface area contributed by atoms with Crippen LogP contribution in [0.5, 0.6) is 0 Å². The molecule has 1 aromatic rings. The lowest BCUT2D eigenvalue weighted by atomic mass is 9.83. The molecule has 4 N–H and O–H groups in total. The summed E-state index contributed by atoms with van der Waals surface area (Å²) >= 11 is 0. The Hall–Kier alpha value is -2.08. The average Bonchev–Trinajstić information content (AvgIpc) is 3.12. The molecule has 0 atom stereocenters. The molecule has 1 saturated carbocycles. The fourth-order valence-corrected chi connectivity index (χ4v) is 3.52. The molecule has 144 valence electrons. The molecule has 0 heterocycles. The molecule has 2 rings (SSSR count). The zero-order chi connectivity index (χ0) is 18.8. The molecule has 1 aliphatic rings. The van der Waals surface area contributed by atoms with Gasteiger partial charge in [0.15, 0.2) is 5.96 Å². The van der Waals surface area contributed by atoms with Crippen LogP contribution in [-0.2, 0) is 11.3 Å².